The first-order valence-corrected chi connectivity index (χ1v) is 10.9. The molecule has 0 atom stereocenters. The van der Waals surface area contributed by atoms with Crippen LogP contribution in [-0.4, -0.2) is 55.9 Å². The van der Waals surface area contributed by atoms with Crippen molar-refractivity contribution in [2.45, 2.75) is 19.3 Å². The van der Waals surface area contributed by atoms with Crippen LogP contribution in [0.25, 0.3) is 11.4 Å². The molecule has 142 valence electrons. The largest absolute Gasteiger partial charge is 0.339 e. The molecule has 0 aliphatic carbocycles. The van der Waals surface area contributed by atoms with Crippen LogP contribution in [0.4, 0.5) is 0 Å². The molecule has 1 fully saturated rings. The Morgan fingerprint density at radius 2 is 1.96 bits per heavy atom. The molecule has 2 heterocycles. The molecule has 1 N–H and O–H groups in total. The highest BCUT2D eigenvalue weighted by atomic mass is 35.5. The standard InChI is InChI=1S/C17H23ClN4O3S/c1-26(23,24)19-12-13-6-9-22(10-7-13)11-8-16-20-17(21-25-16)14-2-4-15(18)5-3-14/h2-5,13,19H,6-12H2,1H3. The number of piperidine rings is 1. The van der Waals surface area contributed by atoms with Gasteiger partial charge in [-0.3, -0.25) is 0 Å². The van der Waals surface area contributed by atoms with E-state index in [1.54, 1.807) is 12.1 Å². The van der Waals surface area contributed by atoms with E-state index in [1.807, 2.05) is 12.1 Å². The molecule has 26 heavy (non-hydrogen) atoms. The molecule has 1 aromatic heterocycles. The van der Waals surface area contributed by atoms with E-state index in [9.17, 15) is 8.42 Å². The van der Waals surface area contributed by atoms with Gasteiger partial charge in [0.15, 0.2) is 0 Å². The van der Waals surface area contributed by atoms with Gasteiger partial charge < -0.3 is 9.42 Å². The number of sulfonamides is 1. The van der Waals surface area contributed by atoms with Crippen LogP contribution in [0, 0.1) is 5.92 Å². The molecule has 3 rings (SSSR count). The van der Waals surface area contributed by atoms with Crippen molar-refractivity contribution in [1.29, 1.82) is 0 Å². The third-order valence-electron chi connectivity index (χ3n) is 4.55. The third-order valence-corrected chi connectivity index (χ3v) is 5.50. The summed E-state index contributed by atoms with van der Waals surface area (Å²) in [5.41, 5.74) is 0.878. The van der Waals surface area contributed by atoms with Crippen molar-refractivity contribution in [1.82, 2.24) is 19.8 Å². The second-order valence-electron chi connectivity index (χ2n) is 6.67. The van der Waals surface area contributed by atoms with Crippen molar-refractivity contribution in [3.8, 4) is 11.4 Å². The fraction of sp³-hybridized carbons (Fsp3) is 0.529. The van der Waals surface area contributed by atoms with Crippen LogP contribution in [0.1, 0.15) is 18.7 Å². The van der Waals surface area contributed by atoms with Gasteiger partial charge in [-0.2, -0.15) is 4.98 Å². The zero-order valence-electron chi connectivity index (χ0n) is 14.7. The average molecular weight is 399 g/mol. The van der Waals surface area contributed by atoms with Crippen molar-refractivity contribution in [3.05, 3.63) is 35.2 Å². The Balaban J connectivity index is 1.43. The lowest BCUT2D eigenvalue weighted by Gasteiger charge is -2.31. The molecule has 1 aliphatic rings. The summed E-state index contributed by atoms with van der Waals surface area (Å²) >= 11 is 5.89. The summed E-state index contributed by atoms with van der Waals surface area (Å²) in [4.78, 5) is 6.79. The summed E-state index contributed by atoms with van der Waals surface area (Å²) in [6, 6.07) is 7.34. The summed E-state index contributed by atoms with van der Waals surface area (Å²) < 4.78 is 30.3. The maximum absolute atomic E-state index is 11.2. The number of hydrogen-bond donors (Lipinski definition) is 1. The van der Waals surface area contributed by atoms with Gasteiger partial charge in [-0.05, 0) is 56.1 Å². The lowest BCUT2D eigenvalue weighted by molar-refractivity contribution is 0.182. The third kappa shape index (κ3) is 5.77. The maximum atomic E-state index is 11.2. The summed E-state index contributed by atoms with van der Waals surface area (Å²) in [6.45, 7) is 3.29. The van der Waals surface area contributed by atoms with Gasteiger partial charge in [-0.15, -0.1) is 0 Å². The van der Waals surface area contributed by atoms with Crippen LogP contribution in [0.2, 0.25) is 5.02 Å². The van der Waals surface area contributed by atoms with Gasteiger partial charge in [-0.25, -0.2) is 13.1 Å². The first kappa shape index (κ1) is 19.3. The fourth-order valence-electron chi connectivity index (χ4n) is 3.01. The van der Waals surface area contributed by atoms with Crippen LogP contribution in [0.15, 0.2) is 28.8 Å². The summed E-state index contributed by atoms with van der Waals surface area (Å²) in [6.07, 6.45) is 3.88. The summed E-state index contributed by atoms with van der Waals surface area (Å²) in [5, 5.41) is 4.70. The van der Waals surface area contributed by atoms with Crippen molar-refractivity contribution >= 4 is 21.6 Å². The molecule has 1 saturated heterocycles. The minimum atomic E-state index is -3.10. The highest BCUT2D eigenvalue weighted by Gasteiger charge is 2.20. The average Bonchev–Trinajstić information content (AvgIpc) is 3.08. The molecule has 0 spiro atoms. The minimum Gasteiger partial charge on any atom is -0.339 e. The first-order valence-electron chi connectivity index (χ1n) is 8.64. The second kappa shape index (κ2) is 8.47. The molecule has 0 radical (unpaired) electrons. The minimum absolute atomic E-state index is 0.404. The Morgan fingerprint density at radius 1 is 1.27 bits per heavy atom. The van der Waals surface area contributed by atoms with E-state index in [0.717, 1.165) is 38.0 Å². The maximum Gasteiger partial charge on any atom is 0.228 e. The van der Waals surface area contributed by atoms with Gasteiger partial charge >= 0.3 is 0 Å². The summed E-state index contributed by atoms with van der Waals surface area (Å²) in [5.74, 6) is 1.60. The van der Waals surface area contributed by atoms with E-state index in [2.05, 4.69) is 19.8 Å². The topological polar surface area (TPSA) is 88.3 Å². The van der Waals surface area contributed by atoms with E-state index in [0.29, 0.717) is 35.6 Å². The quantitative estimate of drug-likeness (QED) is 0.769. The van der Waals surface area contributed by atoms with Gasteiger partial charge in [0.25, 0.3) is 0 Å². The normalized spacial score (nSPS) is 16.8. The zero-order chi connectivity index (χ0) is 18.6. The molecular weight excluding hydrogens is 376 g/mol. The van der Waals surface area contributed by atoms with Gasteiger partial charge in [0.05, 0.1) is 6.26 Å². The predicted molar refractivity (Wildman–Crippen MR) is 100 cm³/mol. The molecule has 1 aromatic carbocycles. The van der Waals surface area contributed by atoms with E-state index < -0.39 is 10.0 Å². The van der Waals surface area contributed by atoms with Crippen LogP contribution in [0.5, 0.6) is 0 Å². The molecule has 7 nitrogen and oxygen atoms in total. The molecular formula is C17H23ClN4O3S. The van der Waals surface area contributed by atoms with E-state index in [4.69, 9.17) is 16.1 Å². The van der Waals surface area contributed by atoms with Crippen LogP contribution < -0.4 is 4.72 Å². The Hall–Kier alpha value is -1.48. The number of nitrogens with one attached hydrogen (secondary N) is 1. The van der Waals surface area contributed by atoms with Crippen molar-refractivity contribution in [2.24, 2.45) is 5.92 Å². The monoisotopic (exact) mass is 398 g/mol. The Bertz CT molecular complexity index is 815. The molecule has 0 saturated carbocycles. The number of hydrogen-bond acceptors (Lipinski definition) is 6. The SMILES string of the molecule is CS(=O)(=O)NCC1CCN(CCc2nc(-c3ccc(Cl)cc3)no2)CC1. The van der Waals surface area contributed by atoms with Crippen molar-refractivity contribution < 1.29 is 12.9 Å². The van der Waals surface area contributed by atoms with Gasteiger partial charge in [0, 0.05) is 30.1 Å². The highest BCUT2D eigenvalue weighted by Crippen LogP contribution is 2.20. The van der Waals surface area contributed by atoms with Crippen LogP contribution in [-0.2, 0) is 16.4 Å². The van der Waals surface area contributed by atoms with Gasteiger partial charge in [-0.1, -0.05) is 16.8 Å². The predicted octanol–water partition coefficient (Wildman–Crippen LogP) is 2.19. The molecule has 1 aliphatic heterocycles. The van der Waals surface area contributed by atoms with Crippen molar-refractivity contribution in [3.63, 3.8) is 0 Å². The lowest BCUT2D eigenvalue weighted by atomic mass is 9.97. The van der Waals surface area contributed by atoms with Gasteiger partial charge in [0.1, 0.15) is 0 Å². The zero-order valence-corrected chi connectivity index (χ0v) is 16.3. The molecule has 9 heteroatoms. The van der Waals surface area contributed by atoms with Crippen LogP contribution >= 0.6 is 11.6 Å². The number of likely N-dealkylation sites (tertiary alicyclic amines) is 1. The van der Waals surface area contributed by atoms with E-state index in [-0.39, 0.29) is 0 Å². The number of halogens is 1. The molecule has 0 unspecified atom stereocenters. The molecule has 2 aromatic rings. The number of benzene rings is 1. The lowest BCUT2D eigenvalue weighted by Crippen LogP contribution is -2.39. The fourth-order valence-corrected chi connectivity index (χ4v) is 3.67. The van der Waals surface area contributed by atoms with E-state index in [1.165, 1.54) is 6.26 Å². The summed E-state index contributed by atoms with van der Waals surface area (Å²) in [7, 11) is -3.10. The van der Waals surface area contributed by atoms with Crippen LogP contribution in [0.3, 0.4) is 0 Å². The number of aromatic nitrogens is 2. The second-order valence-corrected chi connectivity index (χ2v) is 8.94. The highest BCUT2D eigenvalue weighted by molar-refractivity contribution is 7.88. The molecule has 0 amide bonds. The Kier molecular flexibility index (Phi) is 6.29. The Morgan fingerprint density at radius 3 is 2.62 bits per heavy atom. The molecule has 0 bridgehead atoms. The Labute approximate surface area is 158 Å². The van der Waals surface area contributed by atoms with Crippen molar-refractivity contribution in [2.75, 3.05) is 32.4 Å². The van der Waals surface area contributed by atoms with Gasteiger partial charge in [0.2, 0.25) is 21.7 Å². The number of rotatable bonds is 7. The van der Waals surface area contributed by atoms with E-state index >= 15 is 0 Å². The smallest absolute Gasteiger partial charge is 0.228 e. The number of nitrogens with zero attached hydrogens (tertiary/aromatic N) is 3. The first-order chi connectivity index (χ1) is 12.4.